The largest absolute Gasteiger partial charge is 0.497 e. The number of nitrogens with zero attached hydrogens (tertiary/aromatic N) is 1. The zero-order valence-corrected chi connectivity index (χ0v) is 15.7. The van der Waals surface area contributed by atoms with Gasteiger partial charge in [-0.05, 0) is 49.9 Å². The van der Waals surface area contributed by atoms with Crippen molar-refractivity contribution in [1.29, 1.82) is 0 Å². The standard InChI is InChI=1S/C20H31NO3/c1-14-10-18(23-5)12-17(21-14)13-24-19(22)11-15-6-8-16(9-7-15)20(2,3)4/h10,12,15-16H,6-9,11,13H2,1-5H3. The van der Waals surface area contributed by atoms with Gasteiger partial charge in [0.25, 0.3) is 0 Å². The molecule has 0 aromatic carbocycles. The molecule has 4 heteroatoms. The van der Waals surface area contributed by atoms with Gasteiger partial charge in [-0.1, -0.05) is 20.8 Å². The molecule has 1 heterocycles. The summed E-state index contributed by atoms with van der Waals surface area (Å²) in [6.07, 6.45) is 5.23. The number of aryl methyl sites for hydroxylation is 1. The number of carbonyl (C=O) groups is 1. The average Bonchev–Trinajstić information content (AvgIpc) is 2.52. The van der Waals surface area contributed by atoms with Gasteiger partial charge in [-0.3, -0.25) is 9.78 Å². The van der Waals surface area contributed by atoms with E-state index in [1.165, 1.54) is 12.8 Å². The zero-order chi connectivity index (χ0) is 17.7. The molecule has 1 aromatic rings. The molecule has 0 amide bonds. The lowest BCUT2D eigenvalue weighted by molar-refractivity contribution is -0.146. The van der Waals surface area contributed by atoms with Crippen LogP contribution in [0.3, 0.4) is 0 Å². The molecule has 0 radical (unpaired) electrons. The summed E-state index contributed by atoms with van der Waals surface area (Å²) in [5.41, 5.74) is 1.97. The predicted octanol–water partition coefficient (Wildman–Crippen LogP) is 4.68. The third-order valence-electron chi connectivity index (χ3n) is 5.12. The van der Waals surface area contributed by atoms with Crippen LogP contribution in [0.1, 0.15) is 64.3 Å². The van der Waals surface area contributed by atoms with Crippen molar-refractivity contribution >= 4 is 5.97 Å². The summed E-state index contributed by atoms with van der Waals surface area (Å²) in [7, 11) is 1.62. The van der Waals surface area contributed by atoms with E-state index in [0.717, 1.165) is 35.9 Å². The molecular formula is C20H31NO3. The first-order valence-electron chi connectivity index (χ1n) is 8.95. The lowest BCUT2D eigenvalue weighted by Crippen LogP contribution is -2.27. The first kappa shape index (κ1) is 18.8. The third-order valence-corrected chi connectivity index (χ3v) is 5.12. The third kappa shape index (κ3) is 5.50. The molecule has 0 saturated heterocycles. The molecule has 0 bridgehead atoms. The minimum atomic E-state index is -0.114. The quantitative estimate of drug-likeness (QED) is 0.734. The summed E-state index contributed by atoms with van der Waals surface area (Å²) in [5.74, 6) is 1.87. The fraction of sp³-hybridized carbons (Fsp3) is 0.700. The maximum absolute atomic E-state index is 12.1. The van der Waals surface area contributed by atoms with Crippen LogP contribution in [0, 0.1) is 24.2 Å². The van der Waals surface area contributed by atoms with Gasteiger partial charge in [0.15, 0.2) is 0 Å². The Kier molecular flexibility index (Phi) is 6.25. The molecule has 1 fully saturated rings. The number of hydrogen-bond acceptors (Lipinski definition) is 4. The van der Waals surface area contributed by atoms with Crippen molar-refractivity contribution < 1.29 is 14.3 Å². The number of pyridine rings is 1. The summed E-state index contributed by atoms with van der Waals surface area (Å²) in [6, 6.07) is 3.67. The maximum atomic E-state index is 12.1. The van der Waals surface area contributed by atoms with E-state index < -0.39 is 0 Å². The van der Waals surface area contributed by atoms with Crippen LogP contribution in [0.15, 0.2) is 12.1 Å². The highest BCUT2D eigenvalue weighted by atomic mass is 16.5. The average molecular weight is 333 g/mol. The van der Waals surface area contributed by atoms with Crippen LogP contribution in [0.25, 0.3) is 0 Å². The smallest absolute Gasteiger partial charge is 0.306 e. The number of carbonyl (C=O) groups excluding carboxylic acids is 1. The number of hydrogen-bond donors (Lipinski definition) is 0. The van der Waals surface area contributed by atoms with Gasteiger partial charge in [-0.2, -0.15) is 0 Å². The van der Waals surface area contributed by atoms with Gasteiger partial charge in [-0.15, -0.1) is 0 Å². The number of rotatable bonds is 5. The topological polar surface area (TPSA) is 48.4 Å². The van der Waals surface area contributed by atoms with E-state index >= 15 is 0 Å². The van der Waals surface area contributed by atoms with Crippen LogP contribution < -0.4 is 4.74 Å². The lowest BCUT2D eigenvalue weighted by atomic mass is 9.69. The molecule has 2 rings (SSSR count). The van der Waals surface area contributed by atoms with E-state index in [9.17, 15) is 4.79 Å². The normalized spacial score (nSPS) is 21.4. The minimum Gasteiger partial charge on any atom is -0.497 e. The summed E-state index contributed by atoms with van der Waals surface area (Å²) in [6.45, 7) is 9.07. The maximum Gasteiger partial charge on any atom is 0.306 e. The monoisotopic (exact) mass is 333 g/mol. The molecule has 24 heavy (non-hydrogen) atoms. The van der Waals surface area contributed by atoms with Crippen molar-refractivity contribution in [3.05, 3.63) is 23.5 Å². The van der Waals surface area contributed by atoms with E-state index in [1.54, 1.807) is 7.11 Å². The molecule has 0 unspecified atom stereocenters. The van der Waals surface area contributed by atoms with Crippen molar-refractivity contribution in [2.45, 2.75) is 66.4 Å². The molecule has 1 saturated carbocycles. The first-order chi connectivity index (χ1) is 11.3. The molecule has 0 atom stereocenters. The Balaban J connectivity index is 1.77. The van der Waals surface area contributed by atoms with Crippen LogP contribution in [-0.4, -0.2) is 18.1 Å². The fourth-order valence-corrected chi connectivity index (χ4v) is 3.58. The Morgan fingerprint density at radius 2 is 1.88 bits per heavy atom. The molecule has 1 aliphatic rings. The van der Waals surface area contributed by atoms with E-state index in [0.29, 0.717) is 17.8 Å². The van der Waals surface area contributed by atoms with E-state index in [2.05, 4.69) is 25.8 Å². The van der Waals surface area contributed by atoms with Gasteiger partial charge in [0.1, 0.15) is 12.4 Å². The second-order valence-electron chi connectivity index (χ2n) is 8.09. The van der Waals surface area contributed by atoms with E-state index in [-0.39, 0.29) is 12.6 Å². The van der Waals surface area contributed by atoms with Crippen LogP contribution in [0.4, 0.5) is 0 Å². The van der Waals surface area contributed by atoms with Crippen LogP contribution in [0.2, 0.25) is 0 Å². The van der Waals surface area contributed by atoms with Gasteiger partial charge in [0, 0.05) is 24.2 Å². The SMILES string of the molecule is COc1cc(C)nc(COC(=O)CC2CCC(C(C)(C)C)CC2)c1. The second-order valence-corrected chi connectivity index (χ2v) is 8.09. The van der Waals surface area contributed by atoms with E-state index in [4.69, 9.17) is 9.47 Å². The Morgan fingerprint density at radius 1 is 1.21 bits per heavy atom. The zero-order valence-electron chi connectivity index (χ0n) is 15.7. The number of ether oxygens (including phenoxy) is 2. The molecule has 0 N–H and O–H groups in total. The Bertz CT molecular complexity index is 554. The van der Waals surface area contributed by atoms with E-state index in [1.807, 2.05) is 19.1 Å². The Labute approximate surface area is 146 Å². The highest BCUT2D eigenvalue weighted by molar-refractivity contribution is 5.69. The van der Waals surface area contributed by atoms with Gasteiger partial charge >= 0.3 is 5.97 Å². The van der Waals surface area contributed by atoms with Crippen LogP contribution >= 0.6 is 0 Å². The Morgan fingerprint density at radius 3 is 2.46 bits per heavy atom. The van der Waals surface area contributed by atoms with Gasteiger partial charge < -0.3 is 9.47 Å². The first-order valence-corrected chi connectivity index (χ1v) is 8.95. The molecule has 4 nitrogen and oxygen atoms in total. The van der Waals surface area contributed by atoms with Crippen molar-refractivity contribution in [2.24, 2.45) is 17.3 Å². The predicted molar refractivity (Wildman–Crippen MR) is 94.8 cm³/mol. The fourth-order valence-electron chi connectivity index (χ4n) is 3.58. The second kappa shape index (κ2) is 8.00. The minimum absolute atomic E-state index is 0.114. The molecule has 0 spiro atoms. The molecular weight excluding hydrogens is 302 g/mol. The molecule has 1 aromatic heterocycles. The summed E-state index contributed by atoms with van der Waals surface area (Å²) in [5, 5.41) is 0. The number of aromatic nitrogens is 1. The molecule has 134 valence electrons. The highest BCUT2D eigenvalue weighted by Gasteiger charge is 2.30. The highest BCUT2D eigenvalue weighted by Crippen LogP contribution is 2.40. The van der Waals surface area contributed by atoms with Gasteiger partial charge in [0.2, 0.25) is 0 Å². The van der Waals surface area contributed by atoms with Gasteiger partial charge in [0.05, 0.1) is 12.8 Å². The van der Waals surface area contributed by atoms with Crippen molar-refractivity contribution in [1.82, 2.24) is 4.98 Å². The van der Waals surface area contributed by atoms with Crippen molar-refractivity contribution in [3.63, 3.8) is 0 Å². The summed E-state index contributed by atoms with van der Waals surface area (Å²) < 4.78 is 10.6. The van der Waals surface area contributed by atoms with Crippen LogP contribution in [-0.2, 0) is 16.1 Å². The summed E-state index contributed by atoms with van der Waals surface area (Å²) >= 11 is 0. The molecule has 1 aliphatic carbocycles. The van der Waals surface area contributed by atoms with Gasteiger partial charge in [-0.25, -0.2) is 0 Å². The lowest BCUT2D eigenvalue weighted by Gasteiger charge is -2.36. The summed E-state index contributed by atoms with van der Waals surface area (Å²) in [4.78, 5) is 16.5. The van der Waals surface area contributed by atoms with Crippen LogP contribution in [0.5, 0.6) is 5.75 Å². The molecule has 0 aliphatic heterocycles. The van der Waals surface area contributed by atoms with Crippen molar-refractivity contribution in [3.8, 4) is 5.75 Å². The number of esters is 1. The number of methoxy groups -OCH3 is 1. The van der Waals surface area contributed by atoms with Crippen molar-refractivity contribution in [2.75, 3.05) is 7.11 Å². The Hall–Kier alpha value is -1.58.